The number of amides is 1. The molecule has 1 unspecified atom stereocenters. The van der Waals surface area contributed by atoms with Crippen molar-refractivity contribution in [1.29, 1.82) is 0 Å². The van der Waals surface area contributed by atoms with Crippen molar-refractivity contribution in [1.82, 2.24) is 4.90 Å². The van der Waals surface area contributed by atoms with E-state index in [4.69, 9.17) is 5.11 Å². The van der Waals surface area contributed by atoms with Gasteiger partial charge in [-0.2, -0.15) is 0 Å². The Labute approximate surface area is 115 Å². The third-order valence-electron chi connectivity index (χ3n) is 3.98. The molecule has 0 bridgehead atoms. The number of nitrogens with zero attached hydrogens (tertiary/aromatic N) is 1. The average molecular weight is 261 g/mol. The molecule has 3 heteroatoms. The molecule has 1 aliphatic carbocycles. The van der Waals surface area contributed by atoms with E-state index in [1.54, 1.807) is 0 Å². The molecule has 0 aromatic heterocycles. The van der Waals surface area contributed by atoms with Crippen molar-refractivity contribution < 1.29 is 9.90 Å². The molecule has 3 nitrogen and oxygen atoms in total. The van der Waals surface area contributed by atoms with Gasteiger partial charge in [-0.3, -0.25) is 4.79 Å². The quantitative estimate of drug-likeness (QED) is 0.881. The molecule has 0 heterocycles. The van der Waals surface area contributed by atoms with Gasteiger partial charge in [0.05, 0.1) is 0 Å². The van der Waals surface area contributed by atoms with Gasteiger partial charge in [-0.25, -0.2) is 0 Å². The summed E-state index contributed by atoms with van der Waals surface area (Å²) in [5.74, 6) is 0.374. The van der Waals surface area contributed by atoms with Crippen molar-refractivity contribution in [2.45, 2.75) is 32.6 Å². The number of aryl methyl sites for hydroxylation is 1. The lowest BCUT2D eigenvalue weighted by Crippen LogP contribution is -2.39. The fourth-order valence-corrected chi connectivity index (χ4v) is 2.85. The molecular formula is C16H23NO2. The van der Waals surface area contributed by atoms with Gasteiger partial charge < -0.3 is 10.0 Å². The van der Waals surface area contributed by atoms with Crippen LogP contribution < -0.4 is 0 Å². The van der Waals surface area contributed by atoms with Crippen molar-refractivity contribution in [3.63, 3.8) is 0 Å². The van der Waals surface area contributed by atoms with Gasteiger partial charge in [0.25, 0.3) is 0 Å². The lowest BCUT2D eigenvalue weighted by Gasteiger charge is -2.29. The Hall–Kier alpha value is -1.35. The van der Waals surface area contributed by atoms with E-state index in [1.165, 1.54) is 11.1 Å². The van der Waals surface area contributed by atoms with E-state index in [0.717, 1.165) is 25.8 Å². The van der Waals surface area contributed by atoms with Crippen LogP contribution in [0.25, 0.3) is 0 Å². The number of carbonyl (C=O) groups excluding carboxylic acids is 1. The van der Waals surface area contributed by atoms with Gasteiger partial charge in [-0.15, -0.1) is 0 Å². The molecule has 0 fully saturated rings. The summed E-state index contributed by atoms with van der Waals surface area (Å²) in [5, 5.41) is 8.89. The fraction of sp³-hybridized carbons (Fsp3) is 0.562. The molecule has 0 saturated heterocycles. The van der Waals surface area contributed by atoms with E-state index in [2.05, 4.69) is 24.3 Å². The summed E-state index contributed by atoms with van der Waals surface area (Å²) in [6.07, 6.45) is 3.49. The Morgan fingerprint density at radius 1 is 1.37 bits per heavy atom. The first-order valence-corrected chi connectivity index (χ1v) is 7.22. The summed E-state index contributed by atoms with van der Waals surface area (Å²) in [7, 11) is 0. The van der Waals surface area contributed by atoms with Gasteiger partial charge in [-0.05, 0) is 43.7 Å². The number of aliphatic hydroxyl groups is 1. The smallest absolute Gasteiger partial charge is 0.226 e. The van der Waals surface area contributed by atoms with Crippen LogP contribution in [-0.2, 0) is 17.6 Å². The van der Waals surface area contributed by atoms with Crippen LogP contribution in [0.5, 0.6) is 0 Å². The standard InChI is InChI=1S/C16H23NO2/c1-2-17(10-5-11-18)16(19)15-9-8-13-6-3-4-7-14(13)12-15/h3-4,6-7,15,18H,2,5,8-12H2,1H3. The number of rotatable bonds is 5. The molecule has 0 aliphatic heterocycles. The largest absolute Gasteiger partial charge is 0.396 e. The van der Waals surface area contributed by atoms with E-state index >= 15 is 0 Å². The maximum atomic E-state index is 12.5. The highest BCUT2D eigenvalue weighted by atomic mass is 16.3. The summed E-state index contributed by atoms with van der Waals surface area (Å²) < 4.78 is 0. The van der Waals surface area contributed by atoms with Crippen LogP contribution in [-0.4, -0.2) is 35.6 Å². The SMILES string of the molecule is CCN(CCCO)C(=O)C1CCc2ccccc2C1. The maximum absolute atomic E-state index is 12.5. The average Bonchev–Trinajstić information content (AvgIpc) is 2.47. The van der Waals surface area contributed by atoms with Gasteiger partial charge in [0.1, 0.15) is 0 Å². The van der Waals surface area contributed by atoms with Crippen LogP contribution in [0.1, 0.15) is 30.9 Å². The normalized spacial score (nSPS) is 17.9. The first kappa shape index (κ1) is 14.1. The molecule has 1 N–H and O–H groups in total. The molecule has 2 rings (SSSR count). The molecule has 0 saturated carbocycles. The Morgan fingerprint density at radius 2 is 2.11 bits per heavy atom. The van der Waals surface area contributed by atoms with Crippen molar-refractivity contribution in [3.8, 4) is 0 Å². The highest BCUT2D eigenvalue weighted by Crippen LogP contribution is 2.26. The molecular weight excluding hydrogens is 238 g/mol. The van der Waals surface area contributed by atoms with Gasteiger partial charge >= 0.3 is 0 Å². The molecule has 1 aromatic carbocycles. The zero-order valence-electron chi connectivity index (χ0n) is 11.6. The summed E-state index contributed by atoms with van der Waals surface area (Å²) in [4.78, 5) is 14.4. The minimum atomic E-state index is 0.119. The molecule has 19 heavy (non-hydrogen) atoms. The van der Waals surface area contributed by atoms with Crippen molar-refractivity contribution >= 4 is 5.91 Å². The molecule has 0 radical (unpaired) electrons. The number of hydrogen-bond donors (Lipinski definition) is 1. The van der Waals surface area contributed by atoms with Crippen LogP contribution in [0.3, 0.4) is 0 Å². The van der Waals surface area contributed by atoms with Crippen molar-refractivity contribution in [2.75, 3.05) is 19.7 Å². The number of aliphatic hydroxyl groups excluding tert-OH is 1. The lowest BCUT2D eigenvalue weighted by atomic mass is 9.83. The molecule has 1 aliphatic rings. The lowest BCUT2D eigenvalue weighted by molar-refractivity contribution is -0.135. The molecule has 1 aromatic rings. The summed E-state index contributed by atoms with van der Waals surface area (Å²) >= 11 is 0. The maximum Gasteiger partial charge on any atom is 0.226 e. The van der Waals surface area contributed by atoms with Gasteiger partial charge in [0.2, 0.25) is 5.91 Å². The Morgan fingerprint density at radius 3 is 2.79 bits per heavy atom. The second-order valence-corrected chi connectivity index (χ2v) is 5.20. The van der Waals surface area contributed by atoms with Crippen LogP contribution in [0.2, 0.25) is 0 Å². The number of fused-ring (bicyclic) bond motifs is 1. The van der Waals surface area contributed by atoms with Gasteiger partial charge in [0, 0.05) is 25.6 Å². The Balaban J connectivity index is 2.01. The minimum absolute atomic E-state index is 0.119. The molecule has 1 amide bonds. The van der Waals surface area contributed by atoms with Crippen LogP contribution in [0, 0.1) is 5.92 Å². The Bertz CT molecular complexity index is 431. The number of hydrogen-bond acceptors (Lipinski definition) is 2. The molecule has 104 valence electrons. The first-order valence-electron chi connectivity index (χ1n) is 7.22. The summed E-state index contributed by atoms with van der Waals surface area (Å²) in [6.45, 7) is 3.56. The zero-order valence-corrected chi connectivity index (χ0v) is 11.6. The minimum Gasteiger partial charge on any atom is -0.396 e. The Kier molecular flexibility index (Phi) is 4.97. The van der Waals surface area contributed by atoms with Gasteiger partial charge in [-0.1, -0.05) is 24.3 Å². The zero-order chi connectivity index (χ0) is 13.7. The second-order valence-electron chi connectivity index (χ2n) is 5.20. The van der Waals surface area contributed by atoms with E-state index in [0.29, 0.717) is 13.0 Å². The highest BCUT2D eigenvalue weighted by molar-refractivity contribution is 5.79. The topological polar surface area (TPSA) is 40.5 Å². The highest BCUT2D eigenvalue weighted by Gasteiger charge is 2.27. The van der Waals surface area contributed by atoms with Crippen molar-refractivity contribution in [3.05, 3.63) is 35.4 Å². The van der Waals surface area contributed by atoms with Crippen LogP contribution in [0.15, 0.2) is 24.3 Å². The second kappa shape index (κ2) is 6.71. The molecule has 1 atom stereocenters. The summed E-state index contributed by atoms with van der Waals surface area (Å²) in [6, 6.07) is 8.42. The first-order chi connectivity index (χ1) is 9.26. The predicted molar refractivity (Wildman–Crippen MR) is 75.9 cm³/mol. The summed E-state index contributed by atoms with van der Waals surface area (Å²) in [5.41, 5.74) is 2.72. The molecule has 0 spiro atoms. The number of benzene rings is 1. The van der Waals surface area contributed by atoms with Crippen LogP contribution in [0.4, 0.5) is 0 Å². The van der Waals surface area contributed by atoms with E-state index in [9.17, 15) is 4.79 Å². The van der Waals surface area contributed by atoms with Gasteiger partial charge in [0.15, 0.2) is 0 Å². The predicted octanol–water partition coefficient (Wildman–Crippen LogP) is 2.02. The van der Waals surface area contributed by atoms with E-state index in [-0.39, 0.29) is 18.4 Å². The fourth-order valence-electron chi connectivity index (χ4n) is 2.85. The third-order valence-corrected chi connectivity index (χ3v) is 3.98. The third kappa shape index (κ3) is 3.35. The van der Waals surface area contributed by atoms with E-state index in [1.807, 2.05) is 11.8 Å². The monoisotopic (exact) mass is 261 g/mol. The van der Waals surface area contributed by atoms with Crippen LogP contribution >= 0.6 is 0 Å². The van der Waals surface area contributed by atoms with Crippen molar-refractivity contribution in [2.24, 2.45) is 5.92 Å². The number of carbonyl (C=O) groups is 1. The van der Waals surface area contributed by atoms with E-state index < -0.39 is 0 Å².